The Balaban J connectivity index is 4.57. The minimum absolute atomic E-state index is 0.0221. The SMILES string of the molecule is [CH2]C(C)Cc1c(C(Cl)(Cl)C(Cl)(Cl)C(Cl)(Cl)Cl)cc(C(Cl)(Cl)C(Cl)(Cl)C(Cl)(Cl)Cl)cc1C(Cl)(Cl)C(Cl)(Cl)C(Cl)(Cl)Cl. The fourth-order valence-corrected chi connectivity index (χ4v) is 7.55. The third kappa shape index (κ3) is 8.19. The highest BCUT2D eigenvalue weighted by molar-refractivity contribution is 6.80. The van der Waals surface area contributed by atoms with Gasteiger partial charge in [0.1, 0.15) is 0 Å². The first-order chi connectivity index (χ1) is 17.1. The molecule has 1 aromatic carbocycles. The van der Waals surface area contributed by atoms with E-state index >= 15 is 0 Å². The summed E-state index contributed by atoms with van der Waals surface area (Å²) in [6.45, 7) is 5.62. The molecule has 40 heavy (non-hydrogen) atoms. The second-order valence-corrected chi connectivity index (χ2v) is 23.1. The van der Waals surface area contributed by atoms with Crippen molar-refractivity contribution < 1.29 is 0 Å². The lowest BCUT2D eigenvalue weighted by molar-refractivity contribution is 0.631. The van der Waals surface area contributed by atoms with Crippen LogP contribution in [0.3, 0.4) is 0 Å². The maximum absolute atomic E-state index is 6.75. The van der Waals surface area contributed by atoms with Gasteiger partial charge in [0.15, 0.2) is 13.0 Å². The average Bonchev–Trinajstić information content (AvgIpc) is 2.69. The summed E-state index contributed by atoms with van der Waals surface area (Å²) in [7, 11) is 0. The van der Waals surface area contributed by atoms with Gasteiger partial charge < -0.3 is 0 Å². The van der Waals surface area contributed by atoms with E-state index < -0.39 is 43.3 Å². The predicted molar refractivity (Wildman–Crippen MR) is 189 cm³/mol. The van der Waals surface area contributed by atoms with Crippen molar-refractivity contribution in [2.75, 3.05) is 0 Å². The van der Waals surface area contributed by atoms with E-state index in [1.807, 2.05) is 0 Å². The van der Waals surface area contributed by atoms with Gasteiger partial charge in [-0.15, -0.1) is 0 Å². The van der Waals surface area contributed by atoms with Crippen molar-refractivity contribution in [3.63, 3.8) is 0 Å². The van der Waals surface area contributed by atoms with Crippen LogP contribution >= 0.6 is 244 Å². The molecule has 0 aromatic heterocycles. The van der Waals surface area contributed by atoms with Crippen molar-refractivity contribution in [3.8, 4) is 0 Å². The fraction of sp³-hybridized carbons (Fsp3) is 0.632. The Bertz CT molecular complexity index is 1010. The van der Waals surface area contributed by atoms with E-state index in [-0.39, 0.29) is 28.7 Å². The Morgan fingerprint density at radius 1 is 0.500 bits per heavy atom. The minimum Gasteiger partial charge on any atom is -0.0930 e. The van der Waals surface area contributed by atoms with Crippen LogP contribution in [0.5, 0.6) is 0 Å². The number of hydrogen-bond donors (Lipinski definition) is 0. The maximum atomic E-state index is 6.75. The van der Waals surface area contributed by atoms with Crippen molar-refractivity contribution >= 4 is 244 Å². The second-order valence-electron chi connectivity index (χ2n) is 8.30. The van der Waals surface area contributed by atoms with E-state index in [1.54, 1.807) is 6.92 Å². The van der Waals surface area contributed by atoms with Crippen LogP contribution in [0.25, 0.3) is 0 Å². The van der Waals surface area contributed by atoms with E-state index in [2.05, 4.69) is 6.92 Å². The van der Waals surface area contributed by atoms with Gasteiger partial charge in [-0.05, 0) is 46.7 Å². The minimum atomic E-state index is -2.63. The zero-order valence-electron chi connectivity index (χ0n) is 18.6. The van der Waals surface area contributed by atoms with Crippen molar-refractivity contribution in [3.05, 3.63) is 41.3 Å². The lowest BCUT2D eigenvalue weighted by Crippen LogP contribution is -2.49. The zero-order chi connectivity index (χ0) is 32.5. The Kier molecular flexibility index (Phi) is 15.1. The number of alkyl halides is 21. The molecule has 0 saturated carbocycles. The lowest BCUT2D eigenvalue weighted by Gasteiger charge is -2.44. The molecule has 0 aliphatic carbocycles. The van der Waals surface area contributed by atoms with Crippen LogP contribution in [0.4, 0.5) is 0 Å². The van der Waals surface area contributed by atoms with Gasteiger partial charge >= 0.3 is 0 Å². The van der Waals surface area contributed by atoms with Gasteiger partial charge in [0.2, 0.25) is 24.4 Å². The summed E-state index contributed by atoms with van der Waals surface area (Å²) in [5.74, 6) is -0.449. The summed E-state index contributed by atoms with van der Waals surface area (Å²) in [4.78, 5) is 0. The van der Waals surface area contributed by atoms with Crippen molar-refractivity contribution in [1.82, 2.24) is 0 Å². The maximum Gasteiger partial charge on any atom is 0.226 e. The van der Waals surface area contributed by atoms with Crippen molar-refractivity contribution in [2.45, 2.75) is 50.7 Å². The highest BCUT2D eigenvalue weighted by Crippen LogP contribution is 2.67. The first-order valence-corrected chi connectivity index (χ1v) is 17.6. The molecule has 0 heterocycles. The van der Waals surface area contributed by atoms with Gasteiger partial charge in [0, 0.05) is 0 Å². The number of benzene rings is 1. The van der Waals surface area contributed by atoms with Crippen molar-refractivity contribution in [2.24, 2.45) is 5.92 Å². The molecule has 1 unspecified atom stereocenters. The van der Waals surface area contributed by atoms with Crippen LogP contribution < -0.4 is 0 Å². The molecular formula is C19H10Cl21. The van der Waals surface area contributed by atoms with Crippen LogP contribution in [0, 0.1) is 12.8 Å². The molecule has 1 radical (unpaired) electrons. The summed E-state index contributed by atoms with van der Waals surface area (Å²) in [6.07, 6.45) is -0.0598. The molecule has 1 rings (SSSR count). The highest BCUT2D eigenvalue weighted by Gasteiger charge is 2.66. The smallest absolute Gasteiger partial charge is 0.0930 e. The molecular weight excluding hydrogens is 973 g/mol. The molecule has 0 fully saturated rings. The normalized spacial score (nSPS) is 15.7. The summed E-state index contributed by atoms with van der Waals surface area (Å²) < 4.78 is -23.2. The van der Waals surface area contributed by atoms with Gasteiger partial charge in [0.25, 0.3) is 0 Å². The first kappa shape index (κ1) is 43.3. The number of hydrogen-bond acceptors (Lipinski definition) is 0. The molecule has 0 aliphatic heterocycles. The quantitative estimate of drug-likeness (QED) is 0.228. The molecule has 0 aliphatic rings. The predicted octanol–water partition coefficient (Wildman–Crippen LogP) is 15.2. The van der Waals surface area contributed by atoms with Gasteiger partial charge in [-0.3, -0.25) is 0 Å². The van der Waals surface area contributed by atoms with E-state index in [9.17, 15) is 0 Å². The van der Waals surface area contributed by atoms with Crippen LogP contribution in [0.15, 0.2) is 12.1 Å². The van der Waals surface area contributed by atoms with Crippen LogP contribution in [-0.4, -0.2) is 24.4 Å². The average molecular weight is 983 g/mol. The fourth-order valence-electron chi connectivity index (χ4n) is 3.04. The molecule has 0 spiro atoms. The first-order valence-electron chi connectivity index (χ1n) is 9.62. The lowest BCUT2D eigenvalue weighted by atomic mass is 9.85. The van der Waals surface area contributed by atoms with Gasteiger partial charge in [-0.25, -0.2) is 0 Å². The Morgan fingerprint density at radius 2 is 0.750 bits per heavy atom. The third-order valence-electron chi connectivity index (χ3n) is 5.09. The van der Waals surface area contributed by atoms with E-state index in [1.165, 1.54) is 0 Å². The topological polar surface area (TPSA) is 0 Å². The largest absolute Gasteiger partial charge is 0.226 e. The number of rotatable bonds is 8. The monoisotopic (exact) mass is 972 g/mol. The van der Waals surface area contributed by atoms with E-state index in [0.29, 0.717) is 0 Å². The zero-order valence-corrected chi connectivity index (χ0v) is 34.5. The Hall–Kier alpha value is 5.31. The summed E-state index contributed by atoms with van der Waals surface area (Å²) in [5.41, 5.74) is -0.883. The molecule has 0 nitrogen and oxygen atoms in total. The molecule has 233 valence electrons. The molecule has 0 saturated heterocycles. The standard InChI is InChI=1S/C19H10Cl21/c1-6(2)3-8-9(12(22,23)15(28,29)18(35,36)37)4-7(11(20,21)14(26,27)17(32,33)34)5-10(8)13(24,25)16(30,31)19(38,39)40/h4-6H,1,3H2,2H3. The molecule has 0 bridgehead atoms. The molecule has 21 heteroatoms. The Morgan fingerprint density at radius 3 is 0.975 bits per heavy atom. The molecule has 0 N–H and O–H groups in total. The van der Waals surface area contributed by atoms with Crippen LogP contribution in [0.2, 0.25) is 0 Å². The second kappa shape index (κ2) is 13.9. The van der Waals surface area contributed by atoms with Gasteiger partial charge in [-0.1, -0.05) is 257 Å². The van der Waals surface area contributed by atoms with Crippen LogP contribution in [0.1, 0.15) is 29.2 Å². The number of halogens is 21. The summed E-state index contributed by atoms with van der Waals surface area (Å²) in [5, 5.41) is 0. The van der Waals surface area contributed by atoms with Crippen molar-refractivity contribution in [1.29, 1.82) is 0 Å². The van der Waals surface area contributed by atoms with E-state index in [0.717, 1.165) is 12.1 Å². The third-order valence-corrected chi connectivity index (χ3v) is 16.9. The van der Waals surface area contributed by atoms with Gasteiger partial charge in [-0.2, -0.15) is 0 Å². The Labute approximate surface area is 337 Å². The van der Waals surface area contributed by atoms with E-state index in [4.69, 9.17) is 244 Å². The van der Waals surface area contributed by atoms with Crippen LogP contribution in [-0.2, 0) is 19.4 Å². The molecule has 1 aromatic rings. The highest BCUT2D eigenvalue weighted by atomic mass is 35.6. The summed E-state index contributed by atoms with van der Waals surface area (Å²) >= 11 is 133. The molecule has 0 amide bonds. The molecule has 1 atom stereocenters. The van der Waals surface area contributed by atoms with Gasteiger partial charge in [0.05, 0.1) is 0 Å². The summed E-state index contributed by atoms with van der Waals surface area (Å²) in [6, 6.07) is 2.24.